The first-order chi connectivity index (χ1) is 21.9. The van der Waals surface area contributed by atoms with Gasteiger partial charge in [0.2, 0.25) is 0 Å². The molecular formula is C33H34F3N3O7. The maximum Gasteiger partial charge on any atom is 0.416 e. The monoisotopic (exact) mass is 641 g/mol. The Bertz CT molecular complexity index is 1520. The molecule has 0 bridgehead atoms. The van der Waals surface area contributed by atoms with E-state index < -0.39 is 41.5 Å². The number of carbonyl (C=O) groups is 4. The molecule has 1 heterocycles. The van der Waals surface area contributed by atoms with Crippen LogP contribution in [0, 0.1) is 0 Å². The molecule has 0 radical (unpaired) electrons. The summed E-state index contributed by atoms with van der Waals surface area (Å²) in [6, 6.07) is 17.9. The number of likely N-dealkylation sites (N-methyl/N-ethyl adjacent to an activating group) is 1. The van der Waals surface area contributed by atoms with E-state index in [1.165, 1.54) is 36.2 Å². The van der Waals surface area contributed by atoms with E-state index >= 15 is 0 Å². The van der Waals surface area contributed by atoms with E-state index in [0.29, 0.717) is 18.7 Å². The molecule has 0 aromatic heterocycles. The number of alkyl halides is 3. The van der Waals surface area contributed by atoms with E-state index in [-0.39, 0.29) is 49.3 Å². The Balaban J connectivity index is 1.28. The molecule has 0 aliphatic carbocycles. The maximum absolute atomic E-state index is 13.2. The highest BCUT2D eigenvalue weighted by Gasteiger charge is 2.32. The number of hydrogen-bond acceptors (Lipinski definition) is 7. The van der Waals surface area contributed by atoms with Gasteiger partial charge in [-0.3, -0.25) is 14.4 Å². The van der Waals surface area contributed by atoms with Crippen LogP contribution in [0.3, 0.4) is 0 Å². The zero-order valence-electron chi connectivity index (χ0n) is 25.0. The fourth-order valence-corrected chi connectivity index (χ4v) is 4.95. The molecule has 4 rings (SSSR count). The molecular weight excluding hydrogens is 607 g/mol. The van der Waals surface area contributed by atoms with Gasteiger partial charge in [0.25, 0.3) is 11.8 Å². The van der Waals surface area contributed by atoms with Crippen molar-refractivity contribution in [3.63, 3.8) is 0 Å². The van der Waals surface area contributed by atoms with Crippen molar-refractivity contribution in [3.05, 3.63) is 101 Å². The first-order valence-corrected chi connectivity index (χ1v) is 14.5. The van der Waals surface area contributed by atoms with E-state index in [0.717, 1.165) is 17.7 Å². The number of amides is 2. The summed E-state index contributed by atoms with van der Waals surface area (Å²) in [5.41, 5.74) is 0.0322. The number of carboxylic acid groups (broad SMARTS) is 1. The lowest BCUT2D eigenvalue weighted by Crippen LogP contribution is -2.43. The Morgan fingerprint density at radius 3 is 2.39 bits per heavy atom. The zero-order chi connectivity index (χ0) is 33.3. The molecule has 10 nitrogen and oxygen atoms in total. The number of aliphatic carboxylic acids is 1. The Labute approximate surface area is 263 Å². The average molecular weight is 642 g/mol. The largest absolute Gasteiger partial charge is 0.492 e. The van der Waals surface area contributed by atoms with Crippen molar-refractivity contribution in [1.82, 2.24) is 15.5 Å². The Kier molecular flexibility index (Phi) is 11.4. The minimum atomic E-state index is -4.55. The molecule has 1 saturated heterocycles. The summed E-state index contributed by atoms with van der Waals surface area (Å²) in [5.74, 6) is -2.46. The highest BCUT2D eigenvalue weighted by Crippen LogP contribution is 2.29. The van der Waals surface area contributed by atoms with Gasteiger partial charge in [-0.25, -0.2) is 4.79 Å². The van der Waals surface area contributed by atoms with Gasteiger partial charge in [-0.2, -0.15) is 13.2 Å². The lowest BCUT2D eigenvalue weighted by Gasteiger charge is -2.26. The van der Waals surface area contributed by atoms with Gasteiger partial charge >= 0.3 is 18.1 Å². The first kappa shape index (κ1) is 34.0. The van der Waals surface area contributed by atoms with Crippen LogP contribution in [0.1, 0.15) is 51.1 Å². The summed E-state index contributed by atoms with van der Waals surface area (Å²) >= 11 is 0. The second-order valence-corrected chi connectivity index (χ2v) is 10.9. The molecule has 13 heteroatoms. The molecule has 1 aliphatic heterocycles. The highest BCUT2D eigenvalue weighted by molar-refractivity contribution is 5.97. The highest BCUT2D eigenvalue weighted by atomic mass is 19.4. The van der Waals surface area contributed by atoms with Gasteiger partial charge in [0, 0.05) is 43.2 Å². The van der Waals surface area contributed by atoms with Crippen LogP contribution in [0.2, 0.25) is 0 Å². The molecule has 1 fully saturated rings. The topological polar surface area (TPSA) is 134 Å². The molecule has 0 spiro atoms. The second kappa shape index (κ2) is 15.4. The third-order valence-corrected chi connectivity index (χ3v) is 7.48. The molecule has 3 atom stereocenters. The Morgan fingerprint density at radius 1 is 1.00 bits per heavy atom. The van der Waals surface area contributed by atoms with Crippen molar-refractivity contribution in [1.29, 1.82) is 0 Å². The number of halogens is 3. The summed E-state index contributed by atoms with van der Waals surface area (Å²) < 4.78 is 50.2. The van der Waals surface area contributed by atoms with Crippen LogP contribution in [-0.4, -0.2) is 72.1 Å². The zero-order valence-corrected chi connectivity index (χ0v) is 25.0. The minimum absolute atomic E-state index is 0.0178. The van der Waals surface area contributed by atoms with Gasteiger partial charge < -0.3 is 30.1 Å². The van der Waals surface area contributed by atoms with Crippen molar-refractivity contribution in [2.45, 2.75) is 50.2 Å². The van der Waals surface area contributed by atoms with Gasteiger partial charge in [-0.15, -0.1) is 0 Å². The second-order valence-electron chi connectivity index (χ2n) is 10.9. The van der Waals surface area contributed by atoms with Crippen LogP contribution in [0.25, 0.3) is 0 Å². The standard InChI is InChI=1S/C33H34F3N3O7/c1-39(28(14-15-29(40)41)32(44)46-19-21-6-3-2-4-7-21)31(43)22-10-12-27(13-11-22)45-20-26-17-25(18-37-26)38-30(42)23-8-5-9-24(16-23)33(34,35)36/h2-13,16,25-26,28,37H,14-15,17-20H2,1H3,(H,38,42)(H,40,41)/t25-,26+,28?/m1/s1. The fraction of sp³-hybridized carbons (Fsp3) is 0.333. The van der Waals surface area contributed by atoms with Crippen molar-refractivity contribution < 1.29 is 46.9 Å². The molecule has 1 unspecified atom stereocenters. The third-order valence-electron chi connectivity index (χ3n) is 7.48. The van der Waals surface area contributed by atoms with E-state index in [1.807, 2.05) is 6.07 Å². The number of ether oxygens (including phenoxy) is 2. The van der Waals surface area contributed by atoms with Crippen LogP contribution in [0.15, 0.2) is 78.9 Å². The van der Waals surface area contributed by atoms with E-state index in [4.69, 9.17) is 14.6 Å². The van der Waals surface area contributed by atoms with E-state index in [1.54, 1.807) is 36.4 Å². The molecule has 0 saturated carbocycles. The van der Waals surface area contributed by atoms with Gasteiger partial charge in [0.1, 0.15) is 25.0 Å². The summed E-state index contributed by atoms with van der Waals surface area (Å²) in [7, 11) is 1.41. The summed E-state index contributed by atoms with van der Waals surface area (Å²) in [6.45, 7) is 0.624. The van der Waals surface area contributed by atoms with Crippen LogP contribution in [0.5, 0.6) is 5.75 Å². The molecule has 3 N–H and O–H groups in total. The Hall–Kier alpha value is -4.91. The van der Waals surface area contributed by atoms with Crippen molar-refractivity contribution in [2.75, 3.05) is 20.2 Å². The summed E-state index contributed by atoms with van der Waals surface area (Å²) in [6.07, 6.45) is -4.51. The van der Waals surface area contributed by atoms with Crippen molar-refractivity contribution in [2.24, 2.45) is 0 Å². The molecule has 1 aliphatic rings. The van der Waals surface area contributed by atoms with Gasteiger partial charge in [0.05, 0.1) is 5.56 Å². The predicted octanol–water partition coefficient (Wildman–Crippen LogP) is 4.29. The van der Waals surface area contributed by atoms with Crippen LogP contribution < -0.4 is 15.4 Å². The SMILES string of the molecule is CN(C(=O)c1ccc(OC[C@@H]2C[C@@H](NC(=O)c3cccc(C(F)(F)F)c3)CN2)cc1)C(CCC(=O)O)C(=O)OCc1ccccc1. The number of carboxylic acids is 1. The fourth-order valence-electron chi connectivity index (χ4n) is 4.95. The number of rotatable bonds is 13. The number of esters is 1. The maximum atomic E-state index is 13.2. The van der Waals surface area contributed by atoms with Gasteiger partial charge in [-0.1, -0.05) is 36.4 Å². The quantitative estimate of drug-likeness (QED) is 0.236. The normalized spacial score (nSPS) is 16.7. The van der Waals surface area contributed by atoms with E-state index in [9.17, 15) is 32.3 Å². The number of benzene rings is 3. The van der Waals surface area contributed by atoms with Gasteiger partial charge in [-0.05, 0) is 60.9 Å². The number of nitrogens with one attached hydrogen (secondary N) is 2. The third kappa shape index (κ3) is 9.54. The number of carbonyl (C=O) groups excluding carboxylic acids is 3. The number of hydrogen-bond donors (Lipinski definition) is 3. The molecule has 46 heavy (non-hydrogen) atoms. The van der Waals surface area contributed by atoms with Crippen LogP contribution in [-0.2, 0) is 27.1 Å². The summed E-state index contributed by atoms with van der Waals surface area (Å²) in [5, 5.41) is 15.1. The molecule has 2 amide bonds. The lowest BCUT2D eigenvalue weighted by atomic mass is 10.1. The molecule has 244 valence electrons. The van der Waals surface area contributed by atoms with E-state index in [2.05, 4.69) is 10.6 Å². The van der Waals surface area contributed by atoms with Crippen molar-refractivity contribution >= 4 is 23.8 Å². The minimum Gasteiger partial charge on any atom is -0.492 e. The lowest BCUT2D eigenvalue weighted by molar-refractivity contribution is -0.150. The van der Waals surface area contributed by atoms with Crippen LogP contribution >= 0.6 is 0 Å². The average Bonchev–Trinajstić information content (AvgIpc) is 3.49. The Morgan fingerprint density at radius 2 is 1.72 bits per heavy atom. The molecule has 3 aromatic rings. The van der Waals surface area contributed by atoms with Crippen molar-refractivity contribution in [3.8, 4) is 5.75 Å². The van der Waals surface area contributed by atoms with Crippen LogP contribution in [0.4, 0.5) is 13.2 Å². The number of nitrogens with zero attached hydrogens (tertiary/aromatic N) is 1. The summed E-state index contributed by atoms with van der Waals surface area (Å²) in [4.78, 5) is 51.0. The smallest absolute Gasteiger partial charge is 0.416 e. The van der Waals surface area contributed by atoms with Gasteiger partial charge in [0.15, 0.2) is 0 Å². The first-order valence-electron chi connectivity index (χ1n) is 14.5. The molecule has 3 aromatic carbocycles. The predicted molar refractivity (Wildman–Crippen MR) is 160 cm³/mol.